The summed E-state index contributed by atoms with van der Waals surface area (Å²) >= 11 is 3.51. The number of anilines is 1. The van der Waals surface area contributed by atoms with Crippen LogP contribution in [0.3, 0.4) is 0 Å². The molecule has 4 nitrogen and oxygen atoms in total. The largest absolute Gasteiger partial charge is 0.497 e. The lowest BCUT2D eigenvalue weighted by Gasteiger charge is -2.10. The zero-order valence-corrected chi connectivity index (χ0v) is 15.2. The highest BCUT2D eigenvalue weighted by Crippen LogP contribution is 2.38. The van der Waals surface area contributed by atoms with Gasteiger partial charge in [0.1, 0.15) is 22.2 Å². The van der Waals surface area contributed by atoms with Crippen LogP contribution in [0.15, 0.2) is 29.2 Å². The fourth-order valence-electron chi connectivity index (χ4n) is 3.12. The molecule has 0 radical (unpaired) electrons. The third-order valence-electron chi connectivity index (χ3n) is 4.32. The molecule has 0 amide bonds. The predicted octanol–water partition coefficient (Wildman–Crippen LogP) is 4.45. The van der Waals surface area contributed by atoms with Gasteiger partial charge in [0.25, 0.3) is 0 Å². The van der Waals surface area contributed by atoms with Gasteiger partial charge in [-0.2, -0.15) is 0 Å². The van der Waals surface area contributed by atoms with Crippen LogP contribution < -0.4 is 10.5 Å². The number of benzene rings is 1. The van der Waals surface area contributed by atoms with Crippen molar-refractivity contribution in [2.24, 2.45) is 0 Å². The molecule has 3 aromatic rings. The Morgan fingerprint density at radius 1 is 1.17 bits per heavy atom. The van der Waals surface area contributed by atoms with Crippen molar-refractivity contribution in [2.75, 3.05) is 12.8 Å². The molecule has 0 bridgehead atoms. The van der Waals surface area contributed by atoms with E-state index < -0.39 is 0 Å². The first-order valence-corrected chi connectivity index (χ1v) is 9.88. The number of thiophene rings is 1. The SMILES string of the molecule is COc1ccc(SCc2nc(N)c3c4c(sc3n2)CCCC4)cc1. The molecule has 1 aromatic carbocycles. The Labute approximate surface area is 149 Å². The molecular formula is C18H19N3OS2. The maximum absolute atomic E-state index is 6.26. The summed E-state index contributed by atoms with van der Waals surface area (Å²) in [5.41, 5.74) is 7.66. The van der Waals surface area contributed by atoms with Crippen LogP contribution in [0.2, 0.25) is 0 Å². The number of nitrogens with two attached hydrogens (primary N) is 1. The quantitative estimate of drug-likeness (QED) is 0.699. The van der Waals surface area contributed by atoms with Crippen molar-refractivity contribution in [3.63, 3.8) is 0 Å². The Hall–Kier alpha value is -1.79. The Balaban J connectivity index is 1.58. The zero-order valence-electron chi connectivity index (χ0n) is 13.5. The highest BCUT2D eigenvalue weighted by molar-refractivity contribution is 7.98. The third kappa shape index (κ3) is 2.96. The topological polar surface area (TPSA) is 61.0 Å². The molecule has 6 heteroatoms. The number of thioether (sulfide) groups is 1. The minimum atomic E-state index is 0.643. The van der Waals surface area contributed by atoms with Gasteiger partial charge in [-0.15, -0.1) is 23.1 Å². The van der Waals surface area contributed by atoms with Crippen LogP contribution >= 0.6 is 23.1 Å². The summed E-state index contributed by atoms with van der Waals surface area (Å²) in [5, 5.41) is 1.10. The van der Waals surface area contributed by atoms with Gasteiger partial charge in [-0.3, -0.25) is 0 Å². The van der Waals surface area contributed by atoms with Crippen LogP contribution in [0.1, 0.15) is 29.1 Å². The van der Waals surface area contributed by atoms with Crippen molar-refractivity contribution >= 4 is 39.1 Å². The summed E-state index contributed by atoms with van der Waals surface area (Å²) in [5.74, 6) is 3.03. The predicted molar refractivity (Wildman–Crippen MR) is 101 cm³/mol. The van der Waals surface area contributed by atoms with E-state index >= 15 is 0 Å². The second-order valence-electron chi connectivity index (χ2n) is 5.88. The van der Waals surface area contributed by atoms with Crippen molar-refractivity contribution in [1.82, 2.24) is 9.97 Å². The van der Waals surface area contributed by atoms with Crippen molar-refractivity contribution in [3.05, 3.63) is 40.5 Å². The average molecular weight is 358 g/mol. The van der Waals surface area contributed by atoms with E-state index in [1.54, 1.807) is 30.2 Å². The molecule has 24 heavy (non-hydrogen) atoms. The normalized spacial score (nSPS) is 13.9. The van der Waals surface area contributed by atoms with E-state index in [0.29, 0.717) is 5.82 Å². The van der Waals surface area contributed by atoms with E-state index in [2.05, 4.69) is 17.1 Å². The summed E-state index contributed by atoms with van der Waals surface area (Å²) in [7, 11) is 1.68. The van der Waals surface area contributed by atoms with Crippen LogP contribution in [-0.4, -0.2) is 17.1 Å². The van der Waals surface area contributed by atoms with Crippen LogP contribution in [-0.2, 0) is 18.6 Å². The number of aryl methyl sites for hydroxylation is 2. The molecule has 0 atom stereocenters. The number of rotatable bonds is 4. The van der Waals surface area contributed by atoms with Gasteiger partial charge in [0.05, 0.1) is 18.2 Å². The molecule has 124 valence electrons. The lowest BCUT2D eigenvalue weighted by molar-refractivity contribution is 0.414. The Morgan fingerprint density at radius 2 is 1.96 bits per heavy atom. The number of ether oxygens (including phenoxy) is 1. The van der Waals surface area contributed by atoms with E-state index in [-0.39, 0.29) is 0 Å². The molecular weight excluding hydrogens is 338 g/mol. The van der Waals surface area contributed by atoms with Gasteiger partial charge >= 0.3 is 0 Å². The molecule has 1 aliphatic rings. The molecule has 0 fully saturated rings. The standard InChI is InChI=1S/C18H19N3OS2/c1-22-11-6-8-12(9-7-11)23-10-15-20-17(19)16-13-4-2-3-5-14(13)24-18(16)21-15/h6-9H,2-5,10H2,1H3,(H2,19,20,21). The Kier molecular flexibility index (Phi) is 4.33. The maximum Gasteiger partial charge on any atom is 0.142 e. The molecule has 2 heterocycles. The van der Waals surface area contributed by atoms with E-state index in [9.17, 15) is 0 Å². The molecule has 0 saturated heterocycles. The molecule has 0 saturated carbocycles. The second kappa shape index (κ2) is 6.61. The van der Waals surface area contributed by atoms with E-state index in [1.807, 2.05) is 12.1 Å². The van der Waals surface area contributed by atoms with E-state index in [4.69, 9.17) is 15.5 Å². The molecule has 0 spiro atoms. The minimum Gasteiger partial charge on any atom is -0.497 e. The number of hydrogen-bond donors (Lipinski definition) is 1. The average Bonchev–Trinajstić information content (AvgIpc) is 2.99. The lowest BCUT2D eigenvalue weighted by atomic mass is 9.97. The van der Waals surface area contributed by atoms with Crippen LogP contribution in [0.5, 0.6) is 5.75 Å². The molecule has 2 aromatic heterocycles. The molecule has 2 N–H and O–H groups in total. The first-order chi connectivity index (χ1) is 11.7. The molecule has 4 rings (SSSR count). The summed E-state index contributed by atoms with van der Waals surface area (Å²) < 4.78 is 5.19. The van der Waals surface area contributed by atoms with Gasteiger partial charge in [-0.1, -0.05) is 0 Å². The fourth-order valence-corrected chi connectivity index (χ4v) is 5.16. The summed E-state index contributed by atoms with van der Waals surface area (Å²) in [6.45, 7) is 0. The fraction of sp³-hybridized carbons (Fsp3) is 0.333. The number of fused-ring (bicyclic) bond motifs is 3. The van der Waals surface area contributed by atoms with Crippen molar-refractivity contribution < 1.29 is 4.74 Å². The molecule has 0 aliphatic heterocycles. The third-order valence-corrected chi connectivity index (χ3v) is 6.51. The van der Waals surface area contributed by atoms with Crippen molar-refractivity contribution in [1.29, 1.82) is 0 Å². The number of aromatic nitrogens is 2. The summed E-state index contributed by atoms with van der Waals surface area (Å²) in [6, 6.07) is 8.03. The maximum atomic E-state index is 6.26. The Morgan fingerprint density at radius 3 is 2.75 bits per heavy atom. The summed E-state index contributed by atoms with van der Waals surface area (Å²) in [6.07, 6.45) is 4.79. The van der Waals surface area contributed by atoms with Crippen molar-refractivity contribution in [2.45, 2.75) is 36.3 Å². The highest BCUT2D eigenvalue weighted by Gasteiger charge is 2.20. The van der Waals surface area contributed by atoms with E-state index in [0.717, 1.165) is 40.4 Å². The van der Waals surface area contributed by atoms with Crippen LogP contribution in [0.25, 0.3) is 10.2 Å². The minimum absolute atomic E-state index is 0.643. The van der Waals surface area contributed by atoms with Crippen molar-refractivity contribution in [3.8, 4) is 5.75 Å². The second-order valence-corrected chi connectivity index (χ2v) is 8.01. The number of nitrogens with zero attached hydrogens (tertiary/aromatic N) is 2. The molecule has 1 aliphatic carbocycles. The first-order valence-electron chi connectivity index (χ1n) is 8.08. The highest BCUT2D eigenvalue weighted by atomic mass is 32.2. The summed E-state index contributed by atoms with van der Waals surface area (Å²) in [4.78, 5) is 13.0. The zero-order chi connectivity index (χ0) is 16.5. The first kappa shape index (κ1) is 15.7. The lowest BCUT2D eigenvalue weighted by Crippen LogP contribution is -2.02. The number of nitrogen functional groups attached to an aromatic ring is 1. The smallest absolute Gasteiger partial charge is 0.142 e. The molecule has 0 unspecified atom stereocenters. The van der Waals surface area contributed by atoms with Gasteiger partial charge in [0, 0.05) is 9.77 Å². The number of methoxy groups -OCH3 is 1. The monoisotopic (exact) mass is 357 g/mol. The van der Waals surface area contributed by atoms with Gasteiger partial charge in [0.2, 0.25) is 0 Å². The van der Waals surface area contributed by atoms with Crippen LogP contribution in [0.4, 0.5) is 5.82 Å². The van der Waals surface area contributed by atoms with E-state index in [1.165, 1.54) is 28.2 Å². The van der Waals surface area contributed by atoms with Crippen LogP contribution in [0, 0.1) is 0 Å². The number of hydrogen-bond acceptors (Lipinski definition) is 6. The van der Waals surface area contributed by atoms with Gasteiger partial charge in [-0.25, -0.2) is 9.97 Å². The van der Waals surface area contributed by atoms with Gasteiger partial charge in [0.15, 0.2) is 0 Å². The Bertz CT molecular complexity index is 874. The van der Waals surface area contributed by atoms with Gasteiger partial charge < -0.3 is 10.5 Å². The van der Waals surface area contributed by atoms with Gasteiger partial charge in [-0.05, 0) is 55.5 Å².